The molecule has 4 aliphatic carbocycles. The Bertz CT molecular complexity index is 1140. The van der Waals surface area contributed by atoms with Gasteiger partial charge in [0.05, 0.1) is 18.0 Å². The molecule has 11 nitrogen and oxygen atoms in total. The Morgan fingerprint density at radius 3 is 2.14 bits per heavy atom. The van der Waals surface area contributed by atoms with Gasteiger partial charge in [0, 0.05) is 13.0 Å². The van der Waals surface area contributed by atoms with Crippen molar-refractivity contribution < 1.29 is 74.7 Å². The molecular formula is C28H50NNaO10S2. The standard InChI is InChI=1S/C26H44O7S.C2H7NO3S.Na/c1-5-17-21-14-16(27)10-12-26(21,4)20-11-13-25(3)18(7-8-19(25)23(20)24(17)29)15(2)6-9-22(28)33-34(30,31)32;3-1-2-7(4,5)6;/h15-21,23-24,27,29H,5-14H2,1-4H3,(H,30,31,32);1-3H2,(H,4,5,6);/q;;+1/p-1/t15-,16+,17-,18-,19+,20+,21+,23+,24-,25-,26-;;/m1../s1. The van der Waals surface area contributed by atoms with E-state index in [0.717, 1.165) is 51.4 Å². The fraction of sp³-hybridized carbons (Fsp3) is 0.964. The van der Waals surface area contributed by atoms with Crippen LogP contribution in [-0.2, 0) is 29.5 Å². The number of fused-ring (bicyclic) bond motifs is 5. The van der Waals surface area contributed by atoms with Crippen molar-refractivity contribution >= 4 is 26.5 Å². The Morgan fingerprint density at radius 2 is 1.62 bits per heavy atom. The summed E-state index contributed by atoms with van der Waals surface area (Å²) < 4.78 is 63.4. The van der Waals surface area contributed by atoms with Crippen molar-refractivity contribution in [3.8, 4) is 0 Å². The molecule has 4 saturated carbocycles. The fourth-order valence-electron chi connectivity index (χ4n) is 9.78. The van der Waals surface area contributed by atoms with E-state index in [9.17, 15) is 36.4 Å². The molecule has 0 aromatic carbocycles. The second-order valence-electron chi connectivity index (χ2n) is 13.6. The molecule has 4 rings (SSSR count). The predicted octanol–water partition coefficient (Wildman–Crippen LogP) is -0.130. The molecule has 42 heavy (non-hydrogen) atoms. The van der Waals surface area contributed by atoms with Gasteiger partial charge >= 0.3 is 35.5 Å². The molecule has 240 valence electrons. The Morgan fingerprint density at radius 1 is 1.02 bits per heavy atom. The maximum absolute atomic E-state index is 11.8. The number of aliphatic hydroxyl groups is 2. The van der Waals surface area contributed by atoms with Crippen molar-refractivity contribution in [3.05, 3.63) is 0 Å². The first kappa shape index (κ1) is 38.4. The topological polar surface area (TPSA) is 204 Å². The average molecular weight is 648 g/mol. The molecule has 4 aliphatic rings. The molecule has 0 amide bonds. The molecule has 0 saturated heterocycles. The molecule has 0 radical (unpaired) electrons. The van der Waals surface area contributed by atoms with E-state index in [1.54, 1.807) is 0 Å². The molecule has 5 N–H and O–H groups in total. The molecule has 0 aromatic rings. The van der Waals surface area contributed by atoms with Gasteiger partial charge in [0.2, 0.25) is 0 Å². The minimum atomic E-state index is -5.01. The van der Waals surface area contributed by atoms with Gasteiger partial charge < -0.3 is 24.7 Å². The summed E-state index contributed by atoms with van der Waals surface area (Å²) in [6.07, 6.45) is 7.79. The molecule has 0 heterocycles. The van der Waals surface area contributed by atoms with Crippen molar-refractivity contribution in [2.24, 2.45) is 58.0 Å². The summed E-state index contributed by atoms with van der Waals surface area (Å²) in [5.74, 6) is 1.04. The van der Waals surface area contributed by atoms with Crippen LogP contribution in [0.1, 0.15) is 91.9 Å². The Kier molecular flexibility index (Phi) is 13.4. The molecule has 0 bridgehead atoms. The van der Waals surface area contributed by atoms with E-state index < -0.39 is 26.5 Å². The maximum Gasteiger partial charge on any atom is 1.00 e. The van der Waals surface area contributed by atoms with Crippen LogP contribution in [0.25, 0.3) is 0 Å². The van der Waals surface area contributed by atoms with Gasteiger partial charge in [-0.1, -0.05) is 34.1 Å². The number of hydrogen-bond donors (Lipinski definition) is 4. The number of hydrogen-bond acceptors (Lipinski definition) is 10. The summed E-state index contributed by atoms with van der Waals surface area (Å²) in [7, 11) is -8.81. The van der Waals surface area contributed by atoms with Gasteiger partial charge in [0.1, 0.15) is 0 Å². The van der Waals surface area contributed by atoms with Crippen LogP contribution in [0.4, 0.5) is 0 Å². The zero-order valence-electron chi connectivity index (χ0n) is 25.8. The smallest absolute Gasteiger partial charge is 0.716 e. The first-order valence-electron chi connectivity index (χ1n) is 15.1. The largest absolute Gasteiger partial charge is 1.00 e. The van der Waals surface area contributed by atoms with Crippen LogP contribution in [-0.4, -0.2) is 66.6 Å². The monoisotopic (exact) mass is 647 g/mol. The first-order valence-corrected chi connectivity index (χ1v) is 18.0. The quantitative estimate of drug-likeness (QED) is 0.155. The minimum Gasteiger partial charge on any atom is -0.716 e. The summed E-state index contributed by atoms with van der Waals surface area (Å²) >= 11 is 0. The summed E-state index contributed by atoms with van der Waals surface area (Å²) in [6, 6.07) is 0. The van der Waals surface area contributed by atoms with Crippen molar-refractivity contribution in [2.45, 2.75) is 104 Å². The van der Waals surface area contributed by atoms with E-state index in [2.05, 4.69) is 31.9 Å². The van der Waals surface area contributed by atoms with Gasteiger partial charge in [0.15, 0.2) is 0 Å². The number of carbonyl (C=O) groups is 1. The summed E-state index contributed by atoms with van der Waals surface area (Å²) in [4.78, 5) is 11.8. The van der Waals surface area contributed by atoms with Crippen LogP contribution in [0.5, 0.6) is 0 Å². The Balaban J connectivity index is 0.000000687. The third-order valence-electron chi connectivity index (χ3n) is 11.5. The molecule has 0 aliphatic heterocycles. The molecular weight excluding hydrogens is 597 g/mol. The van der Waals surface area contributed by atoms with E-state index in [1.807, 2.05) is 0 Å². The molecule has 14 heteroatoms. The van der Waals surface area contributed by atoms with E-state index in [-0.39, 0.29) is 89.1 Å². The molecule has 0 unspecified atom stereocenters. The number of aliphatic hydroxyl groups excluding tert-OH is 2. The normalized spacial score (nSPS) is 40.2. The van der Waals surface area contributed by atoms with Crippen LogP contribution >= 0.6 is 0 Å². The van der Waals surface area contributed by atoms with Crippen LogP contribution in [0, 0.1) is 52.3 Å². The summed E-state index contributed by atoms with van der Waals surface area (Å²) in [6.45, 7) is 9.07. The molecule has 0 spiro atoms. The molecule has 4 fully saturated rings. The van der Waals surface area contributed by atoms with Gasteiger partial charge in [0.25, 0.3) is 20.5 Å². The van der Waals surface area contributed by atoms with Crippen molar-refractivity contribution in [1.82, 2.24) is 0 Å². The van der Waals surface area contributed by atoms with E-state index in [0.29, 0.717) is 30.1 Å². The van der Waals surface area contributed by atoms with Gasteiger partial charge in [-0.25, -0.2) is 8.42 Å². The third kappa shape index (κ3) is 8.50. The number of nitrogens with two attached hydrogens (primary N) is 1. The van der Waals surface area contributed by atoms with E-state index in [4.69, 9.17) is 10.3 Å². The number of rotatable bonds is 8. The van der Waals surface area contributed by atoms with Crippen LogP contribution in [0.3, 0.4) is 0 Å². The van der Waals surface area contributed by atoms with Crippen LogP contribution in [0.15, 0.2) is 0 Å². The van der Waals surface area contributed by atoms with Crippen LogP contribution in [0.2, 0.25) is 0 Å². The van der Waals surface area contributed by atoms with Gasteiger partial charge in [-0.2, -0.15) is 8.42 Å². The predicted molar refractivity (Wildman–Crippen MR) is 151 cm³/mol. The van der Waals surface area contributed by atoms with Gasteiger partial charge in [-0.05, 0) is 104 Å². The summed E-state index contributed by atoms with van der Waals surface area (Å²) in [5.41, 5.74) is 5.02. The van der Waals surface area contributed by atoms with E-state index in [1.165, 1.54) is 0 Å². The van der Waals surface area contributed by atoms with Gasteiger partial charge in [-0.3, -0.25) is 9.35 Å². The van der Waals surface area contributed by atoms with Crippen LogP contribution < -0.4 is 35.3 Å². The molecule has 11 atom stereocenters. The second kappa shape index (κ2) is 14.7. The van der Waals surface area contributed by atoms with Crippen molar-refractivity contribution in [2.75, 3.05) is 12.3 Å². The minimum absolute atomic E-state index is 0. The maximum atomic E-state index is 11.8. The Labute approximate surface area is 274 Å². The molecule has 0 aromatic heterocycles. The fourth-order valence-corrected chi connectivity index (χ4v) is 10.4. The average Bonchev–Trinajstić information content (AvgIpc) is 3.20. The zero-order valence-corrected chi connectivity index (χ0v) is 29.4. The summed E-state index contributed by atoms with van der Waals surface area (Å²) in [5, 5.41) is 22.2. The first-order chi connectivity index (χ1) is 18.9. The van der Waals surface area contributed by atoms with Crippen molar-refractivity contribution in [3.63, 3.8) is 0 Å². The second-order valence-corrected chi connectivity index (χ2v) is 16.1. The van der Waals surface area contributed by atoms with Gasteiger partial charge in [-0.15, -0.1) is 0 Å². The third-order valence-corrected chi connectivity index (χ3v) is 12.7. The SMILES string of the molecule is CC[C@H]1[C@@H](O)[C@@H]2[C@H](CC[C@]3(C)[C@@H]([C@H](C)CCC(=O)OS(=O)(=O)[O-])CC[C@@H]23)[C@@]2(C)CC[C@H](O)C[C@@H]12.NCCS(=O)(=O)O.[Na+]. The van der Waals surface area contributed by atoms with Crippen molar-refractivity contribution in [1.29, 1.82) is 0 Å². The number of carbonyl (C=O) groups excluding carboxylic acids is 1. The van der Waals surface area contributed by atoms with E-state index >= 15 is 0 Å². The Hall–Kier alpha value is 0.170. The zero-order chi connectivity index (χ0) is 31.0.